The Morgan fingerprint density at radius 1 is 1.00 bits per heavy atom. The van der Waals surface area contributed by atoms with E-state index in [4.69, 9.17) is 8.37 Å². The van der Waals surface area contributed by atoms with Crippen LogP contribution in [0.25, 0.3) is 0 Å². The highest BCUT2D eigenvalue weighted by Crippen LogP contribution is 2.61. The standard InChI is InChI=1S/C20H28O6S2/c1-20-11-10-16-15-7-5-14(25-27(2,21)22)12-13(15)4-6-17(16)18(20)8-9-19(20)26-28(3,23)24/h5,7,12,16-19H,4,6,8-11H2,1-3H3/t16-,17-,18-,19-,20-/m0/s1. The minimum absolute atomic E-state index is 0.0961. The molecule has 1 aromatic carbocycles. The van der Waals surface area contributed by atoms with E-state index in [-0.39, 0.29) is 11.5 Å². The Balaban J connectivity index is 1.59. The Kier molecular flexibility index (Phi) is 4.83. The molecular weight excluding hydrogens is 400 g/mol. The zero-order valence-corrected chi connectivity index (χ0v) is 18.2. The highest BCUT2D eigenvalue weighted by Gasteiger charge is 2.56. The lowest BCUT2D eigenvalue weighted by Crippen LogP contribution is -2.45. The summed E-state index contributed by atoms with van der Waals surface area (Å²) >= 11 is 0. The van der Waals surface area contributed by atoms with Crippen LogP contribution in [0.2, 0.25) is 0 Å². The van der Waals surface area contributed by atoms with Gasteiger partial charge in [-0.1, -0.05) is 13.0 Å². The average molecular weight is 429 g/mol. The van der Waals surface area contributed by atoms with Crippen molar-refractivity contribution in [2.24, 2.45) is 17.3 Å². The average Bonchev–Trinajstić information content (AvgIpc) is 2.88. The Bertz CT molecular complexity index is 984. The van der Waals surface area contributed by atoms with Gasteiger partial charge in [0, 0.05) is 0 Å². The van der Waals surface area contributed by atoms with E-state index in [0.29, 0.717) is 23.5 Å². The van der Waals surface area contributed by atoms with Gasteiger partial charge in [0.05, 0.1) is 18.6 Å². The third kappa shape index (κ3) is 3.71. The molecule has 2 fully saturated rings. The molecule has 0 amide bonds. The molecule has 2 saturated carbocycles. The van der Waals surface area contributed by atoms with Crippen molar-refractivity contribution < 1.29 is 25.2 Å². The molecule has 0 heterocycles. The minimum Gasteiger partial charge on any atom is -0.383 e. The molecule has 0 unspecified atom stereocenters. The molecule has 3 aliphatic carbocycles. The fraction of sp³-hybridized carbons (Fsp3) is 0.700. The second kappa shape index (κ2) is 6.71. The van der Waals surface area contributed by atoms with E-state index >= 15 is 0 Å². The van der Waals surface area contributed by atoms with Gasteiger partial charge in [-0.25, -0.2) is 0 Å². The van der Waals surface area contributed by atoms with Gasteiger partial charge in [0.25, 0.3) is 10.1 Å². The molecule has 6 nitrogen and oxygen atoms in total. The van der Waals surface area contributed by atoms with Crippen LogP contribution in [0.4, 0.5) is 0 Å². The van der Waals surface area contributed by atoms with Crippen molar-refractivity contribution in [1.29, 1.82) is 0 Å². The summed E-state index contributed by atoms with van der Waals surface area (Å²) in [7, 11) is -6.99. The van der Waals surface area contributed by atoms with Crippen molar-refractivity contribution in [3.63, 3.8) is 0 Å². The van der Waals surface area contributed by atoms with Gasteiger partial charge in [0.15, 0.2) is 0 Å². The molecule has 3 aliphatic rings. The van der Waals surface area contributed by atoms with Crippen LogP contribution >= 0.6 is 0 Å². The second-order valence-electron chi connectivity index (χ2n) is 8.97. The monoisotopic (exact) mass is 428 g/mol. The largest absolute Gasteiger partial charge is 0.383 e. The normalized spacial score (nSPS) is 35.0. The molecule has 0 spiro atoms. The van der Waals surface area contributed by atoms with Gasteiger partial charge in [-0.15, -0.1) is 0 Å². The predicted molar refractivity (Wildman–Crippen MR) is 106 cm³/mol. The highest BCUT2D eigenvalue weighted by molar-refractivity contribution is 7.86. The maximum absolute atomic E-state index is 11.7. The van der Waals surface area contributed by atoms with E-state index in [1.54, 1.807) is 6.07 Å². The molecule has 0 aromatic heterocycles. The van der Waals surface area contributed by atoms with Gasteiger partial charge < -0.3 is 4.18 Å². The first kappa shape index (κ1) is 20.2. The number of fused-ring (bicyclic) bond motifs is 5. The summed E-state index contributed by atoms with van der Waals surface area (Å²) in [5.41, 5.74) is 2.38. The third-order valence-corrected chi connectivity index (χ3v) is 8.23. The van der Waals surface area contributed by atoms with Crippen LogP contribution in [0.5, 0.6) is 5.75 Å². The molecule has 156 valence electrons. The molecule has 5 atom stereocenters. The highest BCUT2D eigenvalue weighted by atomic mass is 32.2. The van der Waals surface area contributed by atoms with Gasteiger partial charge in [-0.3, -0.25) is 4.18 Å². The molecule has 0 aliphatic heterocycles. The molecule has 4 rings (SSSR count). The molecule has 8 heteroatoms. The number of hydrogen-bond acceptors (Lipinski definition) is 6. The Morgan fingerprint density at radius 2 is 1.75 bits per heavy atom. The molecule has 0 saturated heterocycles. The number of rotatable bonds is 4. The topological polar surface area (TPSA) is 86.7 Å². The van der Waals surface area contributed by atoms with Gasteiger partial charge in [0.1, 0.15) is 5.75 Å². The van der Waals surface area contributed by atoms with Gasteiger partial charge in [-0.2, -0.15) is 16.8 Å². The molecule has 0 radical (unpaired) electrons. The van der Waals surface area contributed by atoms with Crippen LogP contribution in [0.3, 0.4) is 0 Å². The summed E-state index contributed by atoms with van der Waals surface area (Å²) in [6, 6.07) is 5.64. The zero-order chi connectivity index (χ0) is 20.3. The maximum Gasteiger partial charge on any atom is 0.306 e. The van der Waals surface area contributed by atoms with Crippen molar-refractivity contribution in [2.45, 2.75) is 57.5 Å². The lowest BCUT2D eigenvalue weighted by molar-refractivity contribution is -0.00766. The fourth-order valence-corrected chi connectivity index (χ4v) is 7.30. The predicted octanol–water partition coefficient (Wildman–Crippen LogP) is 3.23. The summed E-state index contributed by atoms with van der Waals surface area (Å²) in [5, 5.41) is 0. The minimum atomic E-state index is -3.53. The first-order valence-corrected chi connectivity index (χ1v) is 13.5. The maximum atomic E-state index is 11.7. The smallest absolute Gasteiger partial charge is 0.306 e. The third-order valence-electron chi connectivity index (χ3n) is 7.15. The lowest BCUT2D eigenvalue weighted by atomic mass is 9.55. The van der Waals surface area contributed by atoms with Crippen molar-refractivity contribution >= 4 is 20.2 Å². The fourth-order valence-electron chi connectivity index (χ4n) is 6.11. The summed E-state index contributed by atoms with van der Waals surface area (Å²) in [6.07, 6.45) is 7.64. The van der Waals surface area contributed by atoms with E-state index in [9.17, 15) is 16.8 Å². The van der Waals surface area contributed by atoms with Crippen LogP contribution in [-0.4, -0.2) is 35.5 Å². The van der Waals surface area contributed by atoms with Crippen LogP contribution in [-0.2, 0) is 30.8 Å². The number of hydrogen-bond donors (Lipinski definition) is 0. The van der Waals surface area contributed by atoms with Crippen LogP contribution in [0.15, 0.2) is 18.2 Å². The van der Waals surface area contributed by atoms with Crippen LogP contribution in [0, 0.1) is 17.3 Å². The molecule has 0 bridgehead atoms. The summed E-state index contributed by atoms with van der Waals surface area (Å²) in [5.74, 6) is 1.79. The summed E-state index contributed by atoms with van der Waals surface area (Å²) in [4.78, 5) is 0. The zero-order valence-electron chi connectivity index (χ0n) is 16.6. The first-order valence-electron chi connectivity index (χ1n) is 9.87. The van der Waals surface area contributed by atoms with E-state index in [0.717, 1.165) is 51.0 Å². The molecule has 28 heavy (non-hydrogen) atoms. The van der Waals surface area contributed by atoms with Gasteiger partial charge in [0.2, 0.25) is 0 Å². The number of aryl methyl sites for hydroxylation is 1. The van der Waals surface area contributed by atoms with E-state index in [1.165, 1.54) is 11.1 Å². The van der Waals surface area contributed by atoms with Crippen molar-refractivity contribution in [3.8, 4) is 5.75 Å². The summed E-state index contributed by atoms with van der Waals surface area (Å²) in [6.45, 7) is 2.20. The van der Waals surface area contributed by atoms with Gasteiger partial charge in [-0.05, 0) is 85.0 Å². The van der Waals surface area contributed by atoms with Crippen molar-refractivity contribution in [3.05, 3.63) is 29.3 Å². The molecule has 1 aromatic rings. The quantitative estimate of drug-likeness (QED) is 0.685. The van der Waals surface area contributed by atoms with Crippen LogP contribution in [0.1, 0.15) is 56.1 Å². The summed E-state index contributed by atoms with van der Waals surface area (Å²) < 4.78 is 56.8. The lowest BCUT2D eigenvalue weighted by Gasteiger charge is -2.50. The number of benzene rings is 1. The van der Waals surface area contributed by atoms with E-state index in [2.05, 4.69) is 6.92 Å². The van der Waals surface area contributed by atoms with Crippen molar-refractivity contribution in [2.75, 3.05) is 12.5 Å². The Hall–Kier alpha value is -1.12. The Labute approximate surface area is 167 Å². The molecule has 0 N–H and O–H groups in total. The second-order valence-corrected chi connectivity index (χ2v) is 12.2. The first-order chi connectivity index (χ1) is 13.0. The van der Waals surface area contributed by atoms with E-state index in [1.807, 2.05) is 12.1 Å². The van der Waals surface area contributed by atoms with E-state index < -0.39 is 20.2 Å². The van der Waals surface area contributed by atoms with Crippen molar-refractivity contribution in [1.82, 2.24) is 0 Å². The molecular formula is C20H28O6S2. The van der Waals surface area contributed by atoms with Gasteiger partial charge >= 0.3 is 10.1 Å². The Morgan fingerprint density at radius 3 is 2.43 bits per heavy atom. The van der Waals surface area contributed by atoms with Crippen LogP contribution < -0.4 is 4.18 Å². The SMILES string of the molecule is C[C@]12CC[C@H]3c4ccc(OS(C)(=O)=O)cc4CC[C@@H]3[C@@H]1CC[C@@H]2OS(C)(=O)=O.